The highest BCUT2D eigenvalue weighted by molar-refractivity contribution is 5.94. The predicted molar refractivity (Wildman–Crippen MR) is 108 cm³/mol. The van der Waals surface area contributed by atoms with E-state index < -0.39 is 0 Å². The van der Waals surface area contributed by atoms with E-state index in [0.29, 0.717) is 31.2 Å². The van der Waals surface area contributed by atoms with E-state index in [-0.39, 0.29) is 11.8 Å². The summed E-state index contributed by atoms with van der Waals surface area (Å²) in [6, 6.07) is 9.68. The Morgan fingerprint density at radius 3 is 2.54 bits per heavy atom. The number of carbonyl (C=O) groups excluding carboxylic acids is 2. The van der Waals surface area contributed by atoms with Crippen molar-refractivity contribution in [3.63, 3.8) is 0 Å². The summed E-state index contributed by atoms with van der Waals surface area (Å²) in [5, 5.41) is 7.60. The lowest BCUT2D eigenvalue weighted by Gasteiger charge is -2.31. The van der Waals surface area contributed by atoms with Crippen molar-refractivity contribution in [1.29, 1.82) is 0 Å². The Morgan fingerprint density at radius 2 is 1.86 bits per heavy atom. The number of likely N-dealkylation sites (tertiary alicyclic amines) is 1. The van der Waals surface area contributed by atoms with Gasteiger partial charge < -0.3 is 15.1 Å². The molecule has 1 N–H and O–H groups in total. The summed E-state index contributed by atoms with van der Waals surface area (Å²) in [5.41, 5.74) is 3.45. The molecule has 7 heteroatoms. The van der Waals surface area contributed by atoms with Crippen LogP contribution in [0.4, 0.5) is 5.69 Å². The van der Waals surface area contributed by atoms with E-state index in [1.807, 2.05) is 58.9 Å². The number of rotatable bonds is 3. The van der Waals surface area contributed by atoms with Gasteiger partial charge in [0.1, 0.15) is 5.69 Å². The van der Waals surface area contributed by atoms with E-state index in [4.69, 9.17) is 0 Å². The molecule has 28 heavy (non-hydrogen) atoms. The highest BCUT2D eigenvalue weighted by Gasteiger charge is 2.28. The van der Waals surface area contributed by atoms with Gasteiger partial charge in [-0.3, -0.25) is 14.3 Å². The summed E-state index contributed by atoms with van der Waals surface area (Å²) in [7, 11) is 3.97. The molecule has 0 spiro atoms. The molecule has 1 saturated heterocycles. The number of fused-ring (bicyclic) bond motifs is 1. The van der Waals surface area contributed by atoms with E-state index in [9.17, 15) is 9.59 Å². The van der Waals surface area contributed by atoms with Crippen LogP contribution in [0.25, 0.3) is 0 Å². The number of piperidine rings is 1. The van der Waals surface area contributed by atoms with Crippen LogP contribution in [0.2, 0.25) is 0 Å². The first-order valence-electron chi connectivity index (χ1n) is 9.95. The molecule has 7 nitrogen and oxygen atoms in total. The van der Waals surface area contributed by atoms with Crippen LogP contribution in [0.3, 0.4) is 0 Å². The molecule has 2 amide bonds. The molecule has 0 unspecified atom stereocenters. The molecule has 0 atom stereocenters. The Kier molecular flexibility index (Phi) is 5.07. The first-order chi connectivity index (χ1) is 13.5. The Hall–Kier alpha value is -2.83. The van der Waals surface area contributed by atoms with Gasteiger partial charge in [-0.1, -0.05) is 0 Å². The number of aryl methyl sites for hydroxylation is 1. The number of hydrogen-bond donors (Lipinski definition) is 1. The van der Waals surface area contributed by atoms with Crippen molar-refractivity contribution in [1.82, 2.24) is 20.0 Å². The maximum Gasteiger partial charge on any atom is 0.269 e. The van der Waals surface area contributed by atoms with Crippen molar-refractivity contribution >= 4 is 17.5 Å². The minimum absolute atomic E-state index is 0.0370. The largest absolute Gasteiger partial charge is 0.378 e. The number of nitrogens with one attached hydrogen (secondary N) is 1. The second-order valence-corrected chi connectivity index (χ2v) is 7.79. The molecule has 2 aliphatic heterocycles. The molecule has 0 saturated carbocycles. The Labute approximate surface area is 165 Å². The summed E-state index contributed by atoms with van der Waals surface area (Å²) < 4.78 is 1.83. The number of nitrogens with zero attached hydrogens (tertiary/aromatic N) is 4. The fourth-order valence-electron chi connectivity index (χ4n) is 3.97. The summed E-state index contributed by atoms with van der Waals surface area (Å²) in [5.74, 6) is 0.348. The quantitative estimate of drug-likeness (QED) is 0.884. The zero-order valence-corrected chi connectivity index (χ0v) is 16.5. The van der Waals surface area contributed by atoms with Crippen molar-refractivity contribution in [2.24, 2.45) is 0 Å². The lowest BCUT2D eigenvalue weighted by molar-refractivity contribution is 0.0711. The fourth-order valence-corrected chi connectivity index (χ4v) is 3.97. The van der Waals surface area contributed by atoms with Crippen LogP contribution in [0.1, 0.15) is 51.7 Å². The van der Waals surface area contributed by atoms with Crippen LogP contribution in [-0.4, -0.2) is 60.2 Å². The zero-order chi connectivity index (χ0) is 19.7. The van der Waals surface area contributed by atoms with E-state index in [1.165, 1.54) is 0 Å². The monoisotopic (exact) mass is 381 g/mol. The van der Waals surface area contributed by atoms with Crippen molar-refractivity contribution in [3.8, 4) is 0 Å². The van der Waals surface area contributed by atoms with Crippen LogP contribution in [0, 0.1) is 0 Å². The molecule has 1 aromatic carbocycles. The number of carbonyl (C=O) groups is 2. The van der Waals surface area contributed by atoms with Crippen molar-refractivity contribution in [3.05, 3.63) is 47.3 Å². The van der Waals surface area contributed by atoms with Crippen molar-refractivity contribution in [2.45, 2.75) is 31.7 Å². The first kappa shape index (κ1) is 18.5. The maximum absolute atomic E-state index is 12.8. The van der Waals surface area contributed by atoms with Gasteiger partial charge in [0.25, 0.3) is 11.8 Å². The highest BCUT2D eigenvalue weighted by atomic mass is 16.2. The van der Waals surface area contributed by atoms with Crippen molar-refractivity contribution in [2.75, 3.05) is 38.6 Å². The van der Waals surface area contributed by atoms with E-state index in [0.717, 1.165) is 42.8 Å². The van der Waals surface area contributed by atoms with Gasteiger partial charge in [0.15, 0.2) is 0 Å². The molecule has 148 valence electrons. The third-order valence-electron chi connectivity index (χ3n) is 5.69. The summed E-state index contributed by atoms with van der Waals surface area (Å²) in [4.78, 5) is 28.9. The molecule has 4 rings (SSSR count). The van der Waals surface area contributed by atoms with Gasteiger partial charge in [-0.2, -0.15) is 5.10 Å². The van der Waals surface area contributed by atoms with E-state index in [2.05, 4.69) is 10.4 Å². The lowest BCUT2D eigenvalue weighted by atomic mass is 9.93. The Bertz CT molecular complexity index is 863. The molecule has 0 aliphatic carbocycles. The Balaban J connectivity index is 1.40. The number of amides is 2. The number of aromatic nitrogens is 2. The summed E-state index contributed by atoms with van der Waals surface area (Å²) in [6.07, 6.45) is 2.65. The molecule has 1 aromatic heterocycles. The summed E-state index contributed by atoms with van der Waals surface area (Å²) >= 11 is 0. The topological polar surface area (TPSA) is 70.5 Å². The summed E-state index contributed by atoms with van der Waals surface area (Å²) in [6.45, 7) is 2.91. The SMILES string of the molecule is CN(C)c1ccc(C(=O)N2CCC(c3cc4n(n3)CCCNC4=O)CC2)cc1. The molecular formula is C21H27N5O2. The predicted octanol–water partition coefficient (Wildman–Crippen LogP) is 2.10. The lowest BCUT2D eigenvalue weighted by Crippen LogP contribution is -2.38. The van der Waals surface area contributed by atoms with Gasteiger partial charge in [-0.25, -0.2) is 0 Å². The fraction of sp³-hybridized carbons (Fsp3) is 0.476. The number of anilines is 1. The molecule has 0 radical (unpaired) electrons. The molecule has 2 aromatic rings. The first-order valence-corrected chi connectivity index (χ1v) is 9.95. The maximum atomic E-state index is 12.8. The number of benzene rings is 1. The van der Waals surface area contributed by atoms with E-state index >= 15 is 0 Å². The van der Waals surface area contributed by atoms with Crippen LogP contribution in [-0.2, 0) is 6.54 Å². The van der Waals surface area contributed by atoms with Crippen molar-refractivity contribution < 1.29 is 9.59 Å². The minimum Gasteiger partial charge on any atom is -0.378 e. The van der Waals surface area contributed by atoms with Gasteiger partial charge in [-0.15, -0.1) is 0 Å². The zero-order valence-electron chi connectivity index (χ0n) is 16.5. The van der Waals surface area contributed by atoms with Gasteiger partial charge >= 0.3 is 0 Å². The van der Waals surface area contributed by atoms with Gasteiger partial charge in [0.05, 0.1) is 5.69 Å². The molecule has 0 bridgehead atoms. The standard InChI is InChI=1S/C21H27N5O2/c1-24(2)17-6-4-16(5-7-17)21(28)25-12-8-15(9-13-25)18-14-19-20(27)22-10-3-11-26(19)23-18/h4-7,14-15H,3,8-13H2,1-2H3,(H,22,27). The molecule has 1 fully saturated rings. The van der Waals surface area contributed by atoms with Crippen LogP contribution in [0.15, 0.2) is 30.3 Å². The van der Waals surface area contributed by atoms with Gasteiger partial charge in [0, 0.05) is 57.4 Å². The third kappa shape index (κ3) is 3.61. The third-order valence-corrected chi connectivity index (χ3v) is 5.69. The normalized spacial score (nSPS) is 17.6. The average molecular weight is 381 g/mol. The Morgan fingerprint density at radius 1 is 1.14 bits per heavy atom. The molecule has 3 heterocycles. The second kappa shape index (κ2) is 7.66. The smallest absolute Gasteiger partial charge is 0.269 e. The van der Waals surface area contributed by atoms with Gasteiger partial charge in [0.2, 0.25) is 0 Å². The minimum atomic E-state index is -0.0370. The second-order valence-electron chi connectivity index (χ2n) is 7.79. The van der Waals surface area contributed by atoms with E-state index in [1.54, 1.807) is 0 Å². The van der Waals surface area contributed by atoms with Crippen LogP contribution in [0.5, 0.6) is 0 Å². The number of hydrogen-bond acceptors (Lipinski definition) is 4. The van der Waals surface area contributed by atoms with Gasteiger partial charge in [-0.05, 0) is 49.6 Å². The molecular weight excluding hydrogens is 354 g/mol. The van der Waals surface area contributed by atoms with Crippen LogP contribution >= 0.6 is 0 Å². The van der Waals surface area contributed by atoms with Crippen LogP contribution < -0.4 is 10.2 Å². The highest BCUT2D eigenvalue weighted by Crippen LogP contribution is 2.29. The molecule has 2 aliphatic rings. The average Bonchev–Trinajstić information content (AvgIpc) is 3.07.